The molecule has 2 heterocycles. The molecule has 6 nitrogen and oxygen atoms in total. The number of rotatable bonds is 2. The van der Waals surface area contributed by atoms with Gasteiger partial charge in [-0.3, -0.25) is 14.3 Å². The average Bonchev–Trinajstić information content (AvgIpc) is 2.87. The first-order valence-corrected chi connectivity index (χ1v) is 7.65. The topological polar surface area (TPSA) is 83.5 Å². The molecule has 3 rings (SSSR count). The van der Waals surface area contributed by atoms with Gasteiger partial charge in [0.05, 0.1) is 0 Å². The maximum Gasteiger partial charge on any atom is 0.330 e. The highest BCUT2D eigenvalue weighted by atomic mass is 127. The van der Waals surface area contributed by atoms with Gasteiger partial charge in [-0.25, -0.2) is 9.78 Å². The fourth-order valence-corrected chi connectivity index (χ4v) is 2.90. The fraction of sp³-hybridized carbons (Fsp3) is 0.154. The van der Waals surface area contributed by atoms with E-state index in [-0.39, 0.29) is 5.52 Å². The Balaban J connectivity index is 2.36. The number of halogens is 2. The first-order valence-electron chi connectivity index (χ1n) is 6.19. The van der Waals surface area contributed by atoms with Gasteiger partial charge in [-0.1, -0.05) is 11.6 Å². The molecular weight excluding hydrogens is 407 g/mol. The Morgan fingerprint density at radius 3 is 2.81 bits per heavy atom. The van der Waals surface area contributed by atoms with Crippen molar-refractivity contribution in [3.63, 3.8) is 0 Å². The van der Waals surface area contributed by atoms with Gasteiger partial charge >= 0.3 is 5.69 Å². The second-order valence-corrected chi connectivity index (χ2v) is 6.01. The summed E-state index contributed by atoms with van der Waals surface area (Å²) in [5, 5.41) is 0.577. The number of nitrogens with zero attached hydrogens (tertiary/aromatic N) is 2. The van der Waals surface area contributed by atoms with Crippen LogP contribution < -0.4 is 11.2 Å². The Morgan fingerprint density at radius 2 is 2.10 bits per heavy atom. The lowest BCUT2D eigenvalue weighted by atomic mass is 10.2. The predicted molar refractivity (Wildman–Crippen MR) is 89.8 cm³/mol. The number of H-pyrrole nitrogens is 2. The molecule has 0 saturated heterocycles. The van der Waals surface area contributed by atoms with Crippen LogP contribution in [0.2, 0.25) is 5.02 Å². The largest absolute Gasteiger partial charge is 0.332 e. The number of hydrogen-bond donors (Lipinski definition) is 2. The van der Waals surface area contributed by atoms with Gasteiger partial charge in [-0.05, 0) is 47.7 Å². The molecule has 0 saturated carbocycles. The van der Waals surface area contributed by atoms with Gasteiger partial charge in [0.1, 0.15) is 11.3 Å². The van der Waals surface area contributed by atoms with E-state index < -0.39 is 11.2 Å². The lowest BCUT2D eigenvalue weighted by molar-refractivity contribution is 0.720. The molecule has 1 aromatic carbocycles. The molecule has 0 radical (unpaired) electrons. The number of benzene rings is 1. The van der Waals surface area contributed by atoms with Crippen LogP contribution in [0.15, 0.2) is 27.8 Å². The molecule has 21 heavy (non-hydrogen) atoms. The first-order chi connectivity index (χ1) is 10.0. The molecule has 0 amide bonds. The molecule has 0 unspecified atom stereocenters. The molecule has 2 aromatic heterocycles. The minimum absolute atomic E-state index is 0.280. The summed E-state index contributed by atoms with van der Waals surface area (Å²) in [6.45, 7) is 2.24. The molecule has 108 valence electrons. The Kier molecular flexibility index (Phi) is 3.62. The molecular formula is C13H10ClIN4O2. The Labute approximate surface area is 137 Å². The van der Waals surface area contributed by atoms with E-state index in [9.17, 15) is 9.59 Å². The number of imidazole rings is 1. The van der Waals surface area contributed by atoms with Crippen molar-refractivity contribution >= 4 is 45.4 Å². The van der Waals surface area contributed by atoms with Gasteiger partial charge in [0, 0.05) is 20.7 Å². The lowest BCUT2D eigenvalue weighted by Gasteiger charge is -2.01. The second kappa shape index (κ2) is 5.30. The van der Waals surface area contributed by atoms with Crippen molar-refractivity contribution in [1.29, 1.82) is 0 Å². The van der Waals surface area contributed by atoms with Crippen molar-refractivity contribution in [3.8, 4) is 11.4 Å². The summed E-state index contributed by atoms with van der Waals surface area (Å²) in [5.41, 5.74) is 0.470. The monoisotopic (exact) mass is 416 g/mol. The molecule has 0 atom stereocenters. The van der Waals surface area contributed by atoms with Gasteiger partial charge in [-0.2, -0.15) is 0 Å². The average molecular weight is 417 g/mol. The standard InChI is InChI=1S/C13H10ClIN4O2/c1-2-19-11-9(12(20)18-13(19)21)16-10(17-11)7-5-6(14)3-4-8(7)15/h3-5H,2H2,1H3,(H,16,17)(H,18,20,21). The first kappa shape index (κ1) is 14.3. The molecule has 3 aromatic rings. The normalized spacial score (nSPS) is 11.2. The summed E-state index contributed by atoms with van der Waals surface area (Å²) in [4.78, 5) is 33.3. The summed E-state index contributed by atoms with van der Waals surface area (Å²) in [7, 11) is 0. The third-order valence-electron chi connectivity index (χ3n) is 3.13. The maximum absolute atomic E-state index is 11.9. The minimum atomic E-state index is -0.476. The predicted octanol–water partition coefficient (Wildman–Crippen LogP) is 2.36. The van der Waals surface area contributed by atoms with E-state index in [1.807, 2.05) is 13.0 Å². The van der Waals surface area contributed by atoms with Crippen molar-refractivity contribution in [2.24, 2.45) is 0 Å². The molecule has 0 aliphatic rings. The van der Waals surface area contributed by atoms with Gasteiger partial charge in [0.15, 0.2) is 5.65 Å². The van der Waals surface area contributed by atoms with Crippen molar-refractivity contribution in [3.05, 3.63) is 47.6 Å². The van der Waals surface area contributed by atoms with Crippen LogP contribution in [0.3, 0.4) is 0 Å². The van der Waals surface area contributed by atoms with Crippen molar-refractivity contribution in [1.82, 2.24) is 19.5 Å². The zero-order valence-electron chi connectivity index (χ0n) is 10.9. The van der Waals surface area contributed by atoms with Crippen LogP contribution in [-0.2, 0) is 6.54 Å². The van der Waals surface area contributed by atoms with E-state index in [1.54, 1.807) is 12.1 Å². The van der Waals surface area contributed by atoms with Crippen LogP contribution >= 0.6 is 34.2 Å². The third-order valence-corrected chi connectivity index (χ3v) is 4.31. The molecule has 0 aliphatic heterocycles. The van der Waals surface area contributed by atoms with Gasteiger partial charge in [0.25, 0.3) is 5.56 Å². The van der Waals surface area contributed by atoms with Crippen LogP contribution in [0.1, 0.15) is 6.92 Å². The summed E-state index contributed by atoms with van der Waals surface area (Å²) in [6, 6.07) is 5.41. The van der Waals surface area contributed by atoms with Gasteiger partial charge < -0.3 is 4.98 Å². The summed E-state index contributed by atoms with van der Waals surface area (Å²) >= 11 is 8.18. The third kappa shape index (κ3) is 2.40. The maximum atomic E-state index is 11.9. The van der Waals surface area contributed by atoms with E-state index in [0.717, 1.165) is 9.13 Å². The highest BCUT2D eigenvalue weighted by Gasteiger charge is 2.14. The fourth-order valence-electron chi connectivity index (χ4n) is 2.14. The zero-order valence-corrected chi connectivity index (χ0v) is 13.8. The number of hydrogen-bond acceptors (Lipinski definition) is 3. The van der Waals surface area contributed by atoms with Crippen LogP contribution in [0.5, 0.6) is 0 Å². The Bertz CT molecular complexity index is 957. The smallest absolute Gasteiger partial charge is 0.330 e. The Hall–Kier alpha value is -1.61. The number of aryl methyl sites for hydroxylation is 1. The van der Waals surface area contributed by atoms with E-state index >= 15 is 0 Å². The van der Waals surface area contributed by atoms with Crippen molar-refractivity contribution in [2.45, 2.75) is 13.5 Å². The van der Waals surface area contributed by atoms with E-state index in [2.05, 4.69) is 37.5 Å². The molecule has 0 fully saturated rings. The van der Waals surface area contributed by atoms with Crippen molar-refractivity contribution < 1.29 is 0 Å². The van der Waals surface area contributed by atoms with Crippen LogP contribution in [-0.4, -0.2) is 19.5 Å². The molecule has 2 N–H and O–H groups in total. The van der Waals surface area contributed by atoms with Crippen LogP contribution in [0, 0.1) is 3.57 Å². The van der Waals surface area contributed by atoms with Gasteiger partial charge in [0.2, 0.25) is 0 Å². The summed E-state index contributed by atoms with van der Waals surface area (Å²) < 4.78 is 2.35. The molecule has 8 heteroatoms. The second-order valence-electron chi connectivity index (χ2n) is 4.41. The van der Waals surface area contributed by atoms with Crippen LogP contribution in [0.4, 0.5) is 0 Å². The molecule has 0 aliphatic carbocycles. The van der Waals surface area contributed by atoms with Gasteiger partial charge in [-0.15, -0.1) is 0 Å². The SMILES string of the molecule is CCn1c(=O)[nH]c(=O)c2[nH]c(-c3cc(Cl)ccc3I)nc21. The minimum Gasteiger partial charge on any atom is -0.332 e. The van der Waals surface area contributed by atoms with E-state index in [1.165, 1.54) is 4.57 Å². The molecule has 0 spiro atoms. The van der Waals surface area contributed by atoms with E-state index in [4.69, 9.17) is 11.6 Å². The quantitative estimate of drug-likeness (QED) is 0.629. The summed E-state index contributed by atoms with van der Waals surface area (Å²) in [6.07, 6.45) is 0. The van der Waals surface area contributed by atoms with E-state index in [0.29, 0.717) is 23.0 Å². The van der Waals surface area contributed by atoms with Crippen molar-refractivity contribution in [2.75, 3.05) is 0 Å². The Morgan fingerprint density at radius 1 is 1.33 bits per heavy atom. The number of aromatic amines is 2. The highest BCUT2D eigenvalue weighted by molar-refractivity contribution is 14.1. The zero-order chi connectivity index (χ0) is 15.1. The molecule has 0 bridgehead atoms. The number of aromatic nitrogens is 4. The summed E-state index contributed by atoms with van der Waals surface area (Å²) in [5.74, 6) is 0.509. The number of fused-ring (bicyclic) bond motifs is 1. The lowest BCUT2D eigenvalue weighted by Crippen LogP contribution is -2.29. The highest BCUT2D eigenvalue weighted by Crippen LogP contribution is 2.27. The number of nitrogens with one attached hydrogen (secondary N) is 2. The van der Waals surface area contributed by atoms with Crippen LogP contribution in [0.25, 0.3) is 22.6 Å².